The minimum absolute atomic E-state index is 0.875. The highest BCUT2D eigenvalue weighted by molar-refractivity contribution is 6.20. The third-order valence-electron chi connectivity index (χ3n) is 10.5. The molecule has 0 aliphatic carbocycles. The number of hydrogen-bond donors (Lipinski definition) is 0. The summed E-state index contributed by atoms with van der Waals surface area (Å²) in [6.45, 7) is 0. The lowest BCUT2D eigenvalue weighted by Gasteiger charge is -2.13. The van der Waals surface area contributed by atoms with Gasteiger partial charge in [0.15, 0.2) is 0 Å². The van der Waals surface area contributed by atoms with Crippen molar-refractivity contribution >= 4 is 65.4 Å². The molecule has 0 saturated carbocycles. The first-order valence-electron chi connectivity index (χ1n) is 17.7. The Bertz CT molecular complexity index is 3160. The number of aromatic nitrogens is 4. The summed E-state index contributed by atoms with van der Waals surface area (Å²) in [5.74, 6) is 0. The van der Waals surface area contributed by atoms with Crippen molar-refractivity contribution < 1.29 is 0 Å². The molecule has 0 saturated heterocycles. The van der Waals surface area contributed by atoms with Crippen molar-refractivity contribution in [2.45, 2.75) is 0 Å². The molecule has 0 aliphatic rings. The van der Waals surface area contributed by atoms with Gasteiger partial charge in [-0.2, -0.15) is 0 Å². The monoisotopic (exact) mass is 662 g/mol. The summed E-state index contributed by atoms with van der Waals surface area (Å²) in [6, 6.07) is 64.9. The smallest absolute Gasteiger partial charge is 0.0973 e. The van der Waals surface area contributed by atoms with Crippen LogP contribution in [0.2, 0.25) is 0 Å². The molecule has 0 radical (unpaired) electrons. The number of para-hydroxylation sites is 4. The lowest BCUT2D eigenvalue weighted by molar-refractivity contribution is 1.16. The zero-order valence-electron chi connectivity index (χ0n) is 28.1. The van der Waals surface area contributed by atoms with E-state index in [2.05, 4.69) is 161 Å². The lowest BCUT2D eigenvalue weighted by atomic mass is 10.0. The first-order chi connectivity index (χ1) is 25.8. The molecule has 0 fully saturated rings. The number of rotatable bonds is 4. The quantitative estimate of drug-likeness (QED) is 0.188. The molecule has 3 aromatic heterocycles. The molecule has 11 rings (SSSR count). The van der Waals surface area contributed by atoms with Crippen LogP contribution < -0.4 is 0 Å². The molecule has 0 bridgehead atoms. The molecule has 0 aliphatic heterocycles. The van der Waals surface area contributed by atoms with Gasteiger partial charge in [0.05, 0.1) is 44.5 Å². The van der Waals surface area contributed by atoms with Gasteiger partial charge in [-0.1, -0.05) is 115 Å². The molecule has 0 atom stereocenters. The third-order valence-corrected chi connectivity index (χ3v) is 10.5. The summed E-state index contributed by atoms with van der Waals surface area (Å²) in [5.41, 5.74) is 12.6. The molecule has 0 amide bonds. The van der Waals surface area contributed by atoms with Crippen LogP contribution in [0.5, 0.6) is 0 Å². The number of benzene rings is 8. The molecular formula is C48H30N4. The van der Waals surface area contributed by atoms with E-state index in [1.165, 1.54) is 54.4 Å². The standard InChI is InChI=1S/C48H30N4/c1-3-13-31(14-4-1)47-48(50-42-21-11-10-20-41(42)49-47)32-23-25-36(26-24-32)51-43-22-12-9-19-37(43)39-29-40-38-27-33-15-7-8-16-34(33)28-44(38)52(46(40)30-45(39)51)35-17-5-2-6-18-35/h1-30H. The second-order valence-electron chi connectivity index (χ2n) is 13.4. The van der Waals surface area contributed by atoms with Gasteiger partial charge in [-0.3, -0.25) is 0 Å². The van der Waals surface area contributed by atoms with Crippen LogP contribution in [0.3, 0.4) is 0 Å². The summed E-state index contributed by atoms with van der Waals surface area (Å²) >= 11 is 0. The van der Waals surface area contributed by atoms with Crippen molar-refractivity contribution in [2.24, 2.45) is 0 Å². The van der Waals surface area contributed by atoms with Gasteiger partial charge in [-0.15, -0.1) is 0 Å². The van der Waals surface area contributed by atoms with Crippen LogP contribution in [0.4, 0.5) is 0 Å². The summed E-state index contributed by atoms with van der Waals surface area (Å²) < 4.78 is 4.83. The molecule has 0 unspecified atom stereocenters. The van der Waals surface area contributed by atoms with Crippen molar-refractivity contribution in [1.82, 2.24) is 19.1 Å². The SMILES string of the molecule is c1ccc(-c2nc3ccccc3nc2-c2ccc(-n3c4ccccc4c4cc5c6cc7ccccc7cc6n(-c6ccccc6)c5cc43)cc2)cc1. The summed E-state index contributed by atoms with van der Waals surface area (Å²) in [5, 5.41) is 7.46. The van der Waals surface area contributed by atoms with E-state index in [1.54, 1.807) is 0 Å². The molecular weight excluding hydrogens is 633 g/mol. The van der Waals surface area contributed by atoms with E-state index in [0.29, 0.717) is 0 Å². The minimum atomic E-state index is 0.875. The average Bonchev–Trinajstić information content (AvgIpc) is 3.70. The Kier molecular flexibility index (Phi) is 6.22. The van der Waals surface area contributed by atoms with E-state index in [1.807, 2.05) is 30.3 Å². The van der Waals surface area contributed by atoms with Gasteiger partial charge in [0.25, 0.3) is 0 Å². The zero-order valence-corrected chi connectivity index (χ0v) is 28.1. The Morgan fingerprint density at radius 3 is 1.50 bits per heavy atom. The molecule has 0 N–H and O–H groups in total. The van der Waals surface area contributed by atoms with Gasteiger partial charge < -0.3 is 9.13 Å². The maximum Gasteiger partial charge on any atom is 0.0973 e. The van der Waals surface area contributed by atoms with Gasteiger partial charge in [0.2, 0.25) is 0 Å². The van der Waals surface area contributed by atoms with E-state index in [-0.39, 0.29) is 0 Å². The predicted octanol–water partition coefficient (Wildman–Crippen LogP) is 12.3. The molecule has 8 aromatic carbocycles. The number of hydrogen-bond acceptors (Lipinski definition) is 2. The van der Waals surface area contributed by atoms with Crippen molar-refractivity contribution in [3.05, 3.63) is 182 Å². The molecule has 3 heterocycles. The Balaban J connectivity index is 1.16. The van der Waals surface area contributed by atoms with Gasteiger partial charge in [0, 0.05) is 44.0 Å². The number of fused-ring (bicyclic) bond motifs is 8. The molecule has 11 aromatic rings. The maximum absolute atomic E-state index is 5.16. The average molecular weight is 663 g/mol. The highest BCUT2D eigenvalue weighted by Crippen LogP contribution is 2.41. The Hall–Kier alpha value is -7.04. The van der Waals surface area contributed by atoms with Crippen molar-refractivity contribution in [1.29, 1.82) is 0 Å². The Morgan fingerprint density at radius 2 is 0.788 bits per heavy atom. The molecule has 242 valence electrons. The molecule has 52 heavy (non-hydrogen) atoms. The Morgan fingerprint density at radius 1 is 0.308 bits per heavy atom. The lowest BCUT2D eigenvalue weighted by Crippen LogP contribution is -1.97. The van der Waals surface area contributed by atoms with Gasteiger partial charge in [-0.05, 0) is 77.5 Å². The van der Waals surface area contributed by atoms with Crippen LogP contribution in [0.25, 0.3) is 99.3 Å². The van der Waals surface area contributed by atoms with Crippen LogP contribution in [0.15, 0.2) is 182 Å². The van der Waals surface area contributed by atoms with E-state index in [4.69, 9.17) is 9.97 Å². The van der Waals surface area contributed by atoms with E-state index in [0.717, 1.165) is 44.9 Å². The maximum atomic E-state index is 5.16. The first-order valence-corrected chi connectivity index (χ1v) is 17.7. The molecule has 4 nitrogen and oxygen atoms in total. The van der Waals surface area contributed by atoms with Crippen LogP contribution >= 0.6 is 0 Å². The normalized spacial score (nSPS) is 11.8. The largest absolute Gasteiger partial charge is 0.309 e. The van der Waals surface area contributed by atoms with E-state index >= 15 is 0 Å². The fourth-order valence-electron chi connectivity index (χ4n) is 8.06. The van der Waals surface area contributed by atoms with E-state index < -0.39 is 0 Å². The summed E-state index contributed by atoms with van der Waals surface area (Å²) in [7, 11) is 0. The van der Waals surface area contributed by atoms with Gasteiger partial charge in [-0.25, -0.2) is 9.97 Å². The first kappa shape index (κ1) is 28.8. The van der Waals surface area contributed by atoms with Gasteiger partial charge in [0.1, 0.15) is 0 Å². The summed E-state index contributed by atoms with van der Waals surface area (Å²) in [4.78, 5) is 10.3. The van der Waals surface area contributed by atoms with Gasteiger partial charge >= 0.3 is 0 Å². The van der Waals surface area contributed by atoms with Crippen molar-refractivity contribution in [2.75, 3.05) is 0 Å². The van der Waals surface area contributed by atoms with Crippen LogP contribution in [0.1, 0.15) is 0 Å². The van der Waals surface area contributed by atoms with Crippen LogP contribution in [-0.4, -0.2) is 19.1 Å². The highest BCUT2D eigenvalue weighted by Gasteiger charge is 2.20. The topological polar surface area (TPSA) is 35.6 Å². The van der Waals surface area contributed by atoms with Crippen LogP contribution in [-0.2, 0) is 0 Å². The minimum Gasteiger partial charge on any atom is -0.309 e. The molecule has 0 spiro atoms. The predicted molar refractivity (Wildman–Crippen MR) is 217 cm³/mol. The summed E-state index contributed by atoms with van der Waals surface area (Å²) in [6.07, 6.45) is 0. The zero-order chi connectivity index (χ0) is 34.2. The number of nitrogens with zero attached hydrogens (tertiary/aromatic N) is 4. The second-order valence-corrected chi connectivity index (χ2v) is 13.4. The van der Waals surface area contributed by atoms with Crippen molar-refractivity contribution in [3.63, 3.8) is 0 Å². The second kappa shape index (κ2) is 11.2. The fraction of sp³-hybridized carbons (Fsp3) is 0. The highest BCUT2D eigenvalue weighted by atomic mass is 15.0. The Labute approximate surface area is 299 Å². The third kappa shape index (κ3) is 4.34. The van der Waals surface area contributed by atoms with Crippen molar-refractivity contribution in [3.8, 4) is 33.9 Å². The van der Waals surface area contributed by atoms with E-state index in [9.17, 15) is 0 Å². The molecule has 4 heteroatoms. The fourth-order valence-corrected chi connectivity index (χ4v) is 8.06. The van der Waals surface area contributed by atoms with Crippen LogP contribution in [0, 0.1) is 0 Å².